The predicted molar refractivity (Wildman–Crippen MR) is 49.9 cm³/mol. The second kappa shape index (κ2) is 8.19. The molecule has 88 valence electrons. The first-order chi connectivity index (χ1) is 7.11. The number of hydrogen-bond donors (Lipinski definition) is 2. The minimum absolute atomic E-state index is 0.0722. The third-order valence-electron chi connectivity index (χ3n) is 1.57. The first-order valence-electron chi connectivity index (χ1n) is 4.65. The molecule has 0 spiro atoms. The quantitative estimate of drug-likeness (QED) is 0.539. The van der Waals surface area contributed by atoms with Gasteiger partial charge < -0.3 is 19.7 Å². The number of rotatable bonds is 7. The van der Waals surface area contributed by atoms with E-state index in [0.717, 1.165) is 0 Å². The second-order valence-electron chi connectivity index (χ2n) is 2.94. The second-order valence-corrected chi connectivity index (χ2v) is 2.94. The number of esters is 2. The molecule has 1 atom stereocenters. The van der Waals surface area contributed by atoms with Gasteiger partial charge in [0.05, 0.1) is 25.6 Å². The Kier molecular flexibility index (Phi) is 7.57. The molecule has 6 heteroatoms. The summed E-state index contributed by atoms with van der Waals surface area (Å²) < 4.78 is 9.18. The molecule has 0 saturated carbocycles. The maximum absolute atomic E-state index is 11.1. The molecule has 0 rings (SSSR count). The first kappa shape index (κ1) is 13.9. The van der Waals surface area contributed by atoms with Crippen molar-refractivity contribution in [1.82, 2.24) is 0 Å². The van der Waals surface area contributed by atoms with E-state index < -0.39 is 17.9 Å². The Morgan fingerprint density at radius 3 is 2.20 bits per heavy atom. The van der Waals surface area contributed by atoms with Crippen LogP contribution in [0.15, 0.2) is 0 Å². The van der Waals surface area contributed by atoms with Crippen molar-refractivity contribution in [3.63, 3.8) is 0 Å². The highest BCUT2D eigenvalue weighted by Crippen LogP contribution is 2.05. The summed E-state index contributed by atoms with van der Waals surface area (Å²) in [6.45, 7) is 0.897. The Labute approximate surface area is 87.8 Å². The maximum atomic E-state index is 11.1. The SMILES string of the molecule is CC(CC(=O)OCCO)C(=O)OCCO. The zero-order valence-corrected chi connectivity index (χ0v) is 8.64. The van der Waals surface area contributed by atoms with E-state index in [9.17, 15) is 9.59 Å². The van der Waals surface area contributed by atoms with E-state index in [1.807, 2.05) is 0 Å². The molecule has 0 aliphatic rings. The van der Waals surface area contributed by atoms with E-state index in [-0.39, 0.29) is 32.8 Å². The number of ether oxygens (including phenoxy) is 2. The van der Waals surface area contributed by atoms with Crippen molar-refractivity contribution in [3.05, 3.63) is 0 Å². The van der Waals surface area contributed by atoms with Gasteiger partial charge in [-0.05, 0) is 0 Å². The Balaban J connectivity index is 3.75. The predicted octanol–water partition coefficient (Wildman–Crippen LogP) is -0.916. The minimum Gasteiger partial charge on any atom is -0.463 e. The lowest BCUT2D eigenvalue weighted by molar-refractivity contribution is -0.155. The zero-order valence-electron chi connectivity index (χ0n) is 8.64. The molecule has 1 unspecified atom stereocenters. The lowest BCUT2D eigenvalue weighted by Crippen LogP contribution is -2.21. The van der Waals surface area contributed by atoms with Crippen molar-refractivity contribution in [1.29, 1.82) is 0 Å². The van der Waals surface area contributed by atoms with Crippen molar-refractivity contribution >= 4 is 11.9 Å². The van der Waals surface area contributed by atoms with E-state index in [1.165, 1.54) is 6.92 Å². The fraction of sp³-hybridized carbons (Fsp3) is 0.778. The van der Waals surface area contributed by atoms with Crippen molar-refractivity contribution in [2.45, 2.75) is 13.3 Å². The van der Waals surface area contributed by atoms with Crippen molar-refractivity contribution in [2.75, 3.05) is 26.4 Å². The van der Waals surface area contributed by atoms with Crippen LogP contribution >= 0.6 is 0 Å². The summed E-state index contributed by atoms with van der Waals surface area (Å²) in [6.07, 6.45) is -0.0930. The third-order valence-corrected chi connectivity index (χ3v) is 1.57. The summed E-state index contributed by atoms with van der Waals surface area (Å²) in [5, 5.41) is 16.8. The van der Waals surface area contributed by atoms with Gasteiger partial charge in [-0.15, -0.1) is 0 Å². The fourth-order valence-corrected chi connectivity index (χ4v) is 0.840. The molecule has 0 heterocycles. The topological polar surface area (TPSA) is 93.1 Å². The van der Waals surface area contributed by atoms with Gasteiger partial charge >= 0.3 is 11.9 Å². The molecule has 2 N–H and O–H groups in total. The summed E-state index contributed by atoms with van der Waals surface area (Å²) in [4.78, 5) is 22.1. The van der Waals surface area contributed by atoms with Gasteiger partial charge in [-0.2, -0.15) is 0 Å². The van der Waals surface area contributed by atoms with E-state index in [4.69, 9.17) is 10.2 Å². The molecule has 0 fully saturated rings. The van der Waals surface area contributed by atoms with Crippen LogP contribution in [0.2, 0.25) is 0 Å². The number of aliphatic hydroxyl groups excluding tert-OH is 2. The largest absolute Gasteiger partial charge is 0.463 e. The Morgan fingerprint density at radius 1 is 1.13 bits per heavy atom. The molecule has 0 aliphatic heterocycles. The standard InChI is InChI=1S/C9H16O6/c1-7(9(13)15-5-3-11)6-8(12)14-4-2-10/h7,10-11H,2-6H2,1H3. The number of carbonyl (C=O) groups is 2. The van der Waals surface area contributed by atoms with Crippen LogP contribution in [0.3, 0.4) is 0 Å². The van der Waals surface area contributed by atoms with Gasteiger partial charge in [0.25, 0.3) is 0 Å². The molecule has 0 radical (unpaired) electrons. The van der Waals surface area contributed by atoms with Gasteiger partial charge in [-0.25, -0.2) is 0 Å². The summed E-state index contributed by atoms with van der Waals surface area (Å²) >= 11 is 0. The highest BCUT2D eigenvalue weighted by atomic mass is 16.5. The summed E-state index contributed by atoms with van der Waals surface area (Å²) in [5.74, 6) is -1.72. The van der Waals surface area contributed by atoms with Crippen LogP contribution in [-0.4, -0.2) is 48.6 Å². The van der Waals surface area contributed by atoms with Gasteiger partial charge in [0.15, 0.2) is 0 Å². The van der Waals surface area contributed by atoms with Gasteiger partial charge in [-0.3, -0.25) is 9.59 Å². The van der Waals surface area contributed by atoms with Crippen molar-refractivity contribution < 1.29 is 29.3 Å². The highest BCUT2D eigenvalue weighted by molar-refractivity contribution is 5.79. The van der Waals surface area contributed by atoms with Crippen molar-refractivity contribution in [2.24, 2.45) is 5.92 Å². The molecule has 0 aromatic heterocycles. The molecule has 6 nitrogen and oxygen atoms in total. The summed E-state index contributed by atoms with van der Waals surface area (Å²) in [5.41, 5.74) is 0. The van der Waals surface area contributed by atoms with Gasteiger partial charge in [-0.1, -0.05) is 6.92 Å². The number of aliphatic hydroxyl groups is 2. The molecule has 0 saturated heterocycles. The summed E-state index contributed by atoms with van der Waals surface area (Å²) in [6, 6.07) is 0. The third kappa shape index (κ3) is 6.87. The number of carbonyl (C=O) groups excluding carboxylic acids is 2. The Hall–Kier alpha value is -1.14. The monoisotopic (exact) mass is 220 g/mol. The maximum Gasteiger partial charge on any atom is 0.309 e. The van der Waals surface area contributed by atoms with Crippen molar-refractivity contribution in [3.8, 4) is 0 Å². The average molecular weight is 220 g/mol. The number of hydrogen-bond acceptors (Lipinski definition) is 6. The van der Waals surface area contributed by atoms with Crippen LogP contribution in [0.5, 0.6) is 0 Å². The van der Waals surface area contributed by atoms with E-state index >= 15 is 0 Å². The minimum atomic E-state index is -0.609. The van der Waals surface area contributed by atoms with Crippen LogP contribution in [-0.2, 0) is 19.1 Å². The molecular formula is C9H16O6. The lowest BCUT2D eigenvalue weighted by Gasteiger charge is -2.09. The van der Waals surface area contributed by atoms with Crippen LogP contribution in [0.1, 0.15) is 13.3 Å². The lowest BCUT2D eigenvalue weighted by atomic mass is 10.1. The normalized spacial score (nSPS) is 11.9. The Morgan fingerprint density at radius 2 is 1.67 bits per heavy atom. The Bertz CT molecular complexity index is 203. The van der Waals surface area contributed by atoms with Crippen LogP contribution in [0.4, 0.5) is 0 Å². The summed E-state index contributed by atoms with van der Waals surface area (Å²) in [7, 11) is 0. The molecule has 0 bridgehead atoms. The van der Waals surface area contributed by atoms with Crippen LogP contribution in [0.25, 0.3) is 0 Å². The fourth-order valence-electron chi connectivity index (χ4n) is 0.840. The smallest absolute Gasteiger partial charge is 0.309 e. The molecule has 15 heavy (non-hydrogen) atoms. The first-order valence-corrected chi connectivity index (χ1v) is 4.65. The van der Waals surface area contributed by atoms with Gasteiger partial charge in [0.1, 0.15) is 13.2 Å². The van der Waals surface area contributed by atoms with Crippen LogP contribution in [0, 0.1) is 5.92 Å². The molecule has 0 aromatic carbocycles. The zero-order chi connectivity index (χ0) is 11.7. The van der Waals surface area contributed by atoms with Gasteiger partial charge in [0, 0.05) is 0 Å². The van der Waals surface area contributed by atoms with E-state index in [0.29, 0.717) is 0 Å². The highest BCUT2D eigenvalue weighted by Gasteiger charge is 2.18. The molecule has 0 amide bonds. The van der Waals surface area contributed by atoms with Crippen LogP contribution < -0.4 is 0 Å². The molecular weight excluding hydrogens is 204 g/mol. The van der Waals surface area contributed by atoms with E-state index in [1.54, 1.807) is 0 Å². The van der Waals surface area contributed by atoms with Gasteiger partial charge in [0.2, 0.25) is 0 Å². The van der Waals surface area contributed by atoms with E-state index in [2.05, 4.69) is 9.47 Å². The molecule has 0 aromatic rings. The average Bonchev–Trinajstić information content (AvgIpc) is 2.22. The molecule has 0 aliphatic carbocycles.